The number of hydrogen-bond donors (Lipinski definition) is 1. The summed E-state index contributed by atoms with van der Waals surface area (Å²) in [6.07, 6.45) is 0. The molecule has 0 unspecified atom stereocenters. The van der Waals surface area contributed by atoms with Gasteiger partial charge in [-0.15, -0.1) is 0 Å². The Labute approximate surface area is 123 Å². The van der Waals surface area contributed by atoms with Gasteiger partial charge in [0.1, 0.15) is 5.82 Å². The Morgan fingerprint density at radius 3 is 2.70 bits per heavy atom. The molecule has 0 amide bonds. The first-order valence-corrected chi connectivity index (χ1v) is 6.70. The van der Waals surface area contributed by atoms with Gasteiger partial charge in [0.05, 0.1) is 10.6 Å². The molecule has 0 bridgehead atoms. The van der Waals surface area contributed by atoms with Gasteiger partial charge in [0, 0.05) is 23.2 Å². The molecule has 104 valence electrons. The Balaban J connectivity index is 2.17. The van der Waals surface area contributed by atoms with E-state index in [9.17, 15) is 14.5 Å². The smallest absolute Gasteiger partial charge is 0.270 e. The lowest BCUT2D eigenvalue weighted by atomic mass is 10.1. The van der Waals surface area contributed by atoms with Crippen molar-refractivity contribution in [3.63, 3.8) is 0 Å². The fourth-order valence-electron chi connectivity index (χ4n) is 1.83. The molecule has 1 N–H and O–H groups in total. The van der Waals surface area contributed by atoms with Gasteiger partial charge in [0.2, 0.25) is 0 Å². The van der Waals surface area contributed by atoms with Crippen LogP contribution in [0.3, 0.4) is 0 Å². The van der Waals surface area contributed by atoms with Crippen molar-refractivity contribution in [2.24, 2.45) is 0 Å². The molecule has 0 saturated heterocycles. The van der Waals surface area contributed by atoms with Crippen LogP contribution in [0.4, 0.5) is 15.8 Å². The molecule has 6 heteroatoms. The van der Waals surface area contributed by atoms with Crippen molar-refractivity contribution < 1.29 is 9.31 Å². The highest BCUT2D eigenvalue weighted by atomic mass is 79.9. The quantitative estimate of drug-likeness (QED) is 0.663. The molecule has 0 heterocycles. The van der Waals surface area contributed by atoms with E-state index >= 15 is 0 Å². The van der Waals surface area contributed by atoms with E-state index in [4.69, 9.17) is 0 Å². The number of non-ortho nitro benzene ring substituents is 1. The van der Waals surface area contributed by atoms with Gasteiger partial charge >= 0.3 is 0 Å². The zero-order chi connectivity index (χ0) is 14.7. The number of halogens is 2. The molecule has 2 aromatic carbocycles. The predicted octanol–water partition coefficient (Wildman–Crippen LogP) is 4.42. The summed E-state index contributed by atoms with van der Waals surface area (Å²) in [6.45, 7) is 2.19. The van der Waals surface area contributed by atoms with Crippen LogP contribution in [-0.4, -0.2) is 4.92 Å². The van der Waals surface area contributed by atoms with E-state index in [-0.39, 0.29) is 11.5 Å². The molecule has 0 spiro atoms. The second kappa shape index (κ2) is 6.00. The number of para-hydroxylation sites is 1. The van der Waals surface area contributed by atoms with Gasteiger partial charge in [0.15, 0.2) is 0 Å². The number of rotatable bonds is 4. The van der Waals surface area contributed by atoms with Crippen LogP contribution >= 0.6 is 15.9 Å². The number of nitro benzene ring substituents is 1. The minimum Gasteiger partial charge on any atom is -0.378 e. The van der Waals surface area contributed by atoms with Gasteiger partial charge in [-0.05, 0) is 30.2 Å². The van der Waals surface area contributed by atoms with E-state index in [0.717, 1.165) is 11.1 Å². The highest BCUT2D eigenvalue weighted by Crippen LogP contribution is 2.25. The summed E-state index contributed by atoms with van der Waals surface area (Å²) in [5.74, 6) is -0.317. The maximum Gasteiger partial charge on any atom is 0.270 e. The van der Waals surface area contributed by atoms with Crippen LogP contribution in [0.2, 0.25) is 0 Å². The Bertz CT molecular complexity index is 641. The van der Waals surface area contributed by atoms with Gasteiger partial charge in [-0.1, -0.05) is 28.1 Å². The summed E-state index contributed by atoms with van der Waals surface area (Å²) in [5.41, 5.74) is 2.08. The average molecular weight is 339 g/mol. The first-order valence-electron chi connectivity index (χ1n) is 5.91. The average Bonchev–Trinajstić information content (AvgIpc) is 2.39. The second-order valence-electron chi connectivity index (χ2n) is 4.32. The van der Waals surface area contributed by atoms with Gasteiger partial charge in [-0.2, -0.15) is 0 Å². The van der Waals surface area contributed by atoms with E-state index in [1.54, 1.807) is 12.1 Å². The summed E-state index contributed by atoms with van der Waals surface area (Å²) in [5, 5.41) is 13.7. The fourth-order valence-corrected chi connectivity index (χ4v) is 2.34. The third kappa shape index (κ3) is 3.14. The molecule has 0 radical (unpaired) electrons. The summed E-state index contributed by atoms with van der Waals surface area (Å²) >= 11 is 3.29. The lowest BCUT2D eigenvalue weighted by Crippen LogP contribution is -2.04. The zero-order valence-electron chi connectivity index (χ0n) is 10.7. The molecular formula is C14H12BrFN2O2. The maximum atomic E-state index is 13.7. The van der Waals surface area contributed by atoms with Gasteiger partial charge < -0.3 is 5.32 Å². The molecule has 0 aliphatic carbocycles. The Morgan fingerprint density at radius 2 is 2.10 bits per heavy atom. The Morgan fingerprint density at radius 1 is 1.35 bits per heavy atom. The van der Waals surface area contributed by atoms with E-state index < -0.39 is 4.92 Å². The molecule has 2 aromatic rings. The van der Waals surface area contributed by atoms with Crippen LogP contribution in [0.15, 0.2) is 40.9 Å². The van der Waals surface area contributed by atoms with E-state index in [1.165, 1.54) is 18.2 Å². The minimum atomic E-state index is -0.455. The van der Waals surface area contributed by atoms with Crippen molar-refractivity contribution in [3.8, 4) is 0 Å². The fraction of sp³-hybridized carbons (Fsp3) is 0.143. The van der Waals surface area contributed by atoms with Crippen molar-refractivity contribution in [3.05, 3.63) is 67.9 Å². The van der Waals surface area contributed by atoms with E-state index in [2.05, 4.69) is 21.2 Å². The van der Waals surface area contributed by atoms with Crippen LogP contribution in [0.25, 0.3) is 0 Å². The summed E-state index contributed by atoms with van der Waals surface area (Å²) in [7, 11) is 0. The molecule has 20 heavy (non-hydrogen) atoms. The van der Waals surface area contributed by atoms with E-state index in [0.29, 0.717) is 16.7 Å². The molecule has 0 aromatic heterocycles. The van der Waals surface area contributed by atoms with Crippen LogP contribution in [0.5, 0.6) is 0 Å². The number of hydrogen-bond acceptors (Lipinski definition) is 3. The summed E-state index contributed by atoms with van der Waals surface area (Å²) < 4.78 is 14.3. The number of nitrogens with one attached hydrogen (secondary N) is 1. The van der Waals surface area contributed by atoms with Gasteiger partial charge in [-0.3, -0.25) is 10.1 Å². The van der Waals surface area contributed by atoms with E-state index in [1.807, 2.05) is 13.0 Å². The maximum absolute atomic E-state index is 13.7. The highest BCUT2D eigenvalue weighted by molar-refractivity contribution is 9.10. The second-order valence-corrected chi connectivity index (χ2v) is 5.17. The van der Waals surface area contributed by atoms with Crippen molar-refractivity contribution >= 4 is 27.3 Å². The molecule has 0 aliphatic heterocycles. The summed E-state index contributed by atoms with van der Waals surface area (Å²) in [6, 6.07) is 9.36. The molecule has 0 saturated carbocycles. The standard InChI is InChI=1S/C14H12BrFN2O2/c1-9-3-2-4-13(16)14(9)17-8-10-5-6-11(18(19)20)7-12(10)15/h2-7,17H,8H2,1H3. The first kappa shape index (κ1) is 14.5. The van der Waals surface area contributed by atoms with Crippen LogP contribution < -0.4 is 5.32 Å². The normalized spacial score (nSPS) is 10.3. The lowest BCUT2D eigenvalue weighted by Gasteiger charge is -2.11. The number of aryl methyl sites for hydroxylation is 1. The molecule has 0 fully saturated rings. The first-order chi connectivity index (χ1) is 9.49. The van der Waals surface area contributed by atoms with Crippen LogP contribution in [-0.2, 0) is 6.54 Å². The predicted molar refractivity (Wildman–Crippen MR) is 79.3 cm³/mol. The Hall–Kier alpha value is -1.95. The molecular weight excluding hydrogens is 327 g/mol. The van der Waals surface area contributed by atoms with Crippen molar-refractivity contribution in [1.29, 1.82) is 0 Å². The zero-order valence-corrected chi connectivity index (χ0v) is 12.3. The van der Waals surface area contributed by atoms with Crippen molar-refractivity contribution in [2.45, 2.75) is 13.5 Å². The Kier molecular flexibility index (Phi) is 4.34. The number of nitrogens with zero attached hydrogens (tertiary/aromatic N) is 1. The molecule has 0 atom stereocenters. The number of benzene rings is 2. The molecule has 4 nitrogen and oxygen atoms in total. The molecule has 2 rings (SSSR count). The molecule has 0 aliphatic rings. The van der Waals surface area contributed by atoms with Gasteiger partial charge in [-0.25, -0.2) is 4.39 Å². The van der Waals surface area contributed by atoms with Gasteiger partial charge in [0.25, 0.3) is 5.69 Å². The van der Waals surface area contributed by atoms with Crippen molar-refractivity contribution in [1.82, 2.24) is 0 Å². The van der Waals surface area contributed by atoms with Crippen molar-refractivity contribution in [2.75, 3.05) is 5.32 Å². The SMILES string of the molecule is Cc1cccc(F)c1NCc1ccc([N+](=O)[O-])cc1Br. The minimum absolute atomic E-state index is 0.0164. The third-order valence-corrected chi connectivity index (χ3v) is 3.66. The topological polar surface area (TPSA) is 55.2 Å². The largest absolute Gasteiger partial charge is 0.378 e. The lowest BCUT2D eigenvalue weighted by molar-refractivity contribution is -0.384. The van der Waals surface area contributed by atoms with Crippen LogP contribution in [0.1, 0.15) is 11.1 Å². The third-order valence-electron chi connectivity index (χ3n) is 2.93. The monoisotopic (exact) mass is 338 g/mol. The number of anilines is 1. The summed E-state index contributed by atoms with van der Waals surface area (Å²) in [4.78, 5) is 10.2. The number of nitro groups is 1. The van der Waals surface area contributed by atoms with Crippen LogP contribution in [0, 0.1) is 22.9 Å². The highest BCUT2D eigenvalue weighted by Gasteiger charge is 2.10.